The second kappa shape index (κ2) is 9.38. The van der Waals surface area contributed by atoms with Crippen LogP contribution in [-0.4, -0.2) is 56.0 Å². The van der Waals surface area contributed by atoms with E-state index in [9.17, 15) is 14.4 Å². The van der Waals surface area contributed by atoms with Crippen LogP contribution in [0.15, 0.2) is 29.8 Å². The number of nitrogens with zero attached hydrogens (tertiary/aromatic N) is 2. The van der Waals surface area contributed by atoms with Gasteiger partial charge in [-0.25, -0.2) is 4.79 Å². The van der Waals surface area contributed by atoms with E-state index in [0.717, 1.165) is 12.8 Å². The molecule has 0 heterocycles. The second-order valence-electron chi connectivity index (χ2n) is 6.11. The smallest absolute Gasteiger partial charge is 0.349 e. The standard InChI is InChI=1S/C19H21N3O5/c1-22(11-17(23)21-15-5-6-15)18(24)12-27-19(25)14(10-20)9-13-3-7-16(26-2)8-4-13/h3-4,7-9,15H,5-6,11-12H2,1-2H3,(H,21,23)/b14-9+. The number of carbonyl (C=O) groups is 3. The fraction of sp³-hybridized carbons (Fsp3) is 0.368. The van der Waals surface area contributed by atoms with E-state index in [1.807, 2.05) is 0 Å². The van der Waals surface area contributed by atoms with E-state index in [1.165, 1.54) is 25.1 Å². The molecule has 1 aliphatic carbocycles. The maximum atomic E-state index is 12.0. The van der Waals surface area contributed by atoms with Crippen LogP contribution in [0.5, 0.6) is 5.75 Å². The molecule has 27 heavy (non-hydrogen) atoms. The van der Waals surface area contributed by atoms with Crippen LogP contribution in [0.25, 0.3) is 6.08 Å². The van der Waals surface area contributed by atoms with Crippen LogP contribution in [0.2, 0.25) is 0 Å². The molecule has 0 aliphatic heterocycles. The van der Waals surface area contributed by atoms with E-state index >= 15 is 0 Å². The number of amides is 2. The highest BCUT2D eigenvalue weighted by Gasteiger charge is 2.24. The number of hydrogen-bond acceptors (Lipinski definition) is 6. The summed E-state index contributed by atoms with van der Waals surface area (Å²) in [6.07, 6.45) is 3.27. The molecule has 0 atom stereocenters. The van der Waals surface area contributed by atoms with Gasteiger partial charge in [-0.2, -0.15) is 5.26 Å². The second-order valence-corrected chi connectivity index (χ2v) is 6.11. The molecule has 0 unspecified atom stereocenters. The third-order valence-electron chi connectivity index (χ3n) is 3.84. The van der Waals surface area contributed by atoms with Crippen molar-refractivity contribution >= 4 is 23.9 Å². The molecule has 2 rings (SSSR count). The lowest BCUT2D eigenvalue weighted by atomic mass is 10.1. The molecule has 1 aromatic rings. The number of nitrogens with one attached hydrogen (secondary N) is 1. The van der Waals surface area contributed by atoms with Crippen molar-refractivity contribution in [3.05, 3.63) is 35.4 Å². The zero-order valence-electron chi connectivity index (χ0n) is 15.2. The van der Waals surface area contributed by atoms with Crippen molar-refractivity contribution in [1.82, 2.24) is 10.2 Å². The van der Waals surface area contributed by atoms with Gasteiger partial charge in [-0.3, -0.25) is 9.59 Å². The van der Waals surface area contributed by atoms with Crippen LogP contribution < -0.4 is 10.1 Å². The van der Waals surface area contributed by atoms with Gasteiger partial charge in [0.05, 0.1) is 13.7 Å². The summed E-state index contributed by atoms with van der Waals surface area (Å²) in [6.45, 7) is -0.659. The first-order valence-electron chi connectivity index (χ1n) is 8.39. The van der Waals surface area contributed by atoms with Gasteiger partial charge in [0.25, 0.3) is 5.91 Å². The Morgan fingerprint density at radius 3 is 2.52 bits per heavy atom. The Morgan fingerprint density at radius 1 is 1.30 bits per heavy atom. The number of carbonyl (C=O) groups excluding carboxylic acids is 3. The molecule has 8 nitrogen and oxygen atoms in total. The molecule has 0 radical (unpaired) electrons. The number of rotatable bonds is 8. The van der Waals surface area contributed by atoms with E-state index < -0.39 is 18.5 Å². The summed E-state index contributed by atoms with van der Waals surface area (Å²) < 4.78 is 9.93. The summed E-state index contributed by atoms with van der Waals surface area (Å²) in [5.41, 5.74) is 0.381. The number of methoxy groups -OCH3 is 1. The minimum atomic E-state index is -0.905. The lowest BCUT2D eigenvalue weighted by Crippen LogP contribution is -2.40. The van der Waals surface area contributed by atoms with Crippen molar-refractivity contribution in [2.45, 2.75) is 18.9 Å². The molecule has 2 amide bonds. The summed E-state index contributed by atoms with van der Waals surface area (Å²) in [7, 11) is 2.98. The summed E-state index contributed by atoms with van der Waals surface area (Å²) >= 11 is 0. The molecule has 1 aliphatic rings. The maximum absolute atomic E-state index is 12.0. The molecular formula is C19H21N3O5. The Balaban J connectivity index is 1.85. The molecule has 0 saturated heterocycles. The van der Waals surface area contributed by atoms with Crippen LogP contribution >= 0.6 is 0 Å². The van der Waals surface area contributed by atoms with E-state index in [0.29, 0.717) is 11.3 Å². The molecular weight excluding hydrogens is 350 g/mol. The van der Waals surface area contributed by atoms with Gasteiger partial charge < -0.3 is 19.7 Å². The molecule has 1 saturated carbocycles. The summed E-state index contributed by atoms with van der Waals surface area (Å²) in [5.74, 6) is -1.04. The summed E-state index contributed by atoms with van der Waals surface area (Å²) in [6, 6.07) is 8.71. The molecule has 142 valence electrons. The molecule has 8 heteroatoms. The van der Waals surface area contributed by atoms with E-state index in [4.69, 9.17) is 14.7 Å². The average molecular weight is 371 g/mol. The average Bonchev–Trinajstić information content (AvgIpc) is 3.47. The first-order chi connectivity index (χ1) is 12.9. The zero-order valence-corrected chi connectivity index (χ0v) is 15.2. The van der Waals surface area contributed by atoms with E-state index in [2.05, 4.69) is 5.32 Å². The fourth-order valence-electron chi connectivity index (χ4n) is 2.12. The first-order valence-corrected chi connectivity index (χ1v) is 8.39. The van der Waals surface area contributed by atoms with Crippen LogP contribution in [0, 0.1) is 11.3 Å². The lowest BCUT2D eigenvalue weighted by molar-refractivity contribution is -0.148. The summed E-state index contributed by atoms with van der Waals surface area (Å²) in [5, 5.41) is 11.9. The highest BCUT2D eigenvalue weighted by molar-refractivity contribution is 5.99. The summed E-state index contributed by atoms with van der Waals surface area (Å²) in [4.78, 5) is 36.8. The predicted octanol–water partition coefficient (Wildman–Crippen LogP) is 0.882. The van der Waals surface area contributed by atoms with Gasteiger partial charge >= 0.3 is 5.97 Å². The first kappa shape index (κ1) is 20.0. The Morgan fingerprint density at radius 2 is 1.96 bits per heavy atom. The van der Waals surface area contributed by atoms with Gasteiger partial charge in [-0.15, -0.1) is 0 Å². The highest BCUT2D eigenvalue weighted by Crippen LogP contribution is 2.18. The molecule has 1 N–H and O–H groups in total. The Kier molecular flexibility index (Phi) is 6.94. The topological polar surface area (TPSA) is 109 Å². The van der Waals surface area contributed by atoms with E-state index in [-0.39, 0.29) is 24.1 Å². The van der Waals surface area contributed by atoms with Gasteiger partial charge in [0.2, 0.25) is 5.91 Å². The molecule has 0 spiro atoms. The van der Waals surface area contributed by atoms with Gasteiger partial charge in [0.15, 0.2) is 6.61 Å². The zero-order chi connectivity index (χ0) is 19.8. The molecule has 0 aromatic heterocycles. The fourth-order valence-corrected chi connectivity index (χ4v) is 2.12. The van der Waals surface area contributed by atoms with Crippen LogP contribution in [0.1, 0.15) is 18.4 Å². The Hall–Kier alpha value is -3.34. The number of hydrogen-bond donors (Lipinski definition) is 1. The van der Waals surface area contributed by atoms with Crippen molar-refractivity contribution in [3.63, 3.8) is 0 Å². The van der Waals surface area contributed by atoms with Crippen molar-refractivity contribution in [1.29, 1.82) is 5.26 Å². The molecule has 0 bridgehead atoms. The number of nitriles is 1. The minimum absolute atomic E-state index is 0.111. The monoisotopic (exact) mass is 371 g/mol. The lowest BCUT2D eigenvalue weighted by Gasteiger charge is -2.16. The number of ether oxygens (including phenoxy) is 2. The van der Waals surface area contributed by atoms with Crippen LogP contribution in [0.4, 0.5) is 0 Å². The highest BCUT2D eigenvalue weighted by atomic mass is 16.5. The largest absolute Gasteiger partial charge is 0.497 e. The van der Waals surface area contributed by atoms with Crippen LogP contribution in [0.3, 0.4) is 0 Å². The number of likely N-dealkylation sites (N-methyl/N-ethyl adjacent to an activating group) is 1. The number of benzene rings is 1. The third-order valence-corrected chi connectivity index (χ3v) is 3.84. The van der Waals surface area contributed by atoms with Crippen molar-refractivity contribution in [2.24, 2.45) is 0 Å². The predicted molar refractivity (Wildman–Crippen MR) is 96.3 cm³/mol. The normalized spacial score (nSPS) is 13.3. The quantitative estimate of drug-likeness (QED) is 0.413. The van der Waals surface area contributed by atoms with Gasteiger partial charge in [0, 0.05) is 13.1 Å². The van der Waals surface area contributed by atoms with Gasteiger partial charge in [-0.05, 0) is 36.6 Å². The SMILES string of the molecule is COc1ccc(/C=C(\C#N)C(=O)OCC(=O)N(C)CC(=O)NC2CC2)cc1. The van der Waals surface area contributed by atoms with Crippen molar-refractivity contribution in [2.75, 3.05) is 27.3 Å². The maximum Gasteiger partial charge on any atom is 0.349 e. The van der Waals surface area contributed by atoms with Crippen molar-refractivity contribution in [3.8, 4) is 11.8 Å². The third kappa shape index (κ3) is 6.47. The van der Waals surface area contributed by atoms with Crippen molar-refractivity contribution < 1.29 is 23.9 Å². The Bertz CT molecular complexity index is 776. The number of esters is 1. The van der Waals surface area contributed by atoms with Gasteiger partial charge in [-0.1, -0.05) is 12.1 Å². The van der Waals surface area contributed by atoms with E-state index in [1.54, 1.807) is 30.3 Å². The molecule has 1 aromatic carbocycles. The minimum Gasteiger partial charge on any atom is -0.497 e. The van der Waals surface area contributed by atoms with Gasteiger partial charge in [0.1, 0.15) is 17.4 Å². The molecule has 1 fully saturated rings. The Labute approximate surface area is 157 Å². The van der Waals surface area contributed by atoms with Crippen LogP contribution in [-0.2, 0) is 19.1 Å².